The van der Waals surface area contributed by atoms with Crippen LogP contribution in [0.15, 0.2) is 23.2 Å². The Kier molecular flexibility index (Phi) is 10.4. The summed E-state index contributed by atoms with van der Waals surface area (Å²) in [5.74, 6) is -0.937. The molecule has 1 aromatic rings. The first-order valence-electron chi connectivity index (χ1n) is 8.80. The second kappa shape index (κ2) is 12.0. The van der Waals surface area contributed by atoms with Gasteiger partial charge in [0.15, 0.2) is 5.96 Å². The highest BCUT2D eigenvalue weighted by molar-refractivity contribution is 14.0. The van der Waals surface area contributed by atoms with Gasteiger partial charge in [-0.05, 0) is 31.9 Å². The van der Waals surface area contributed by atoms with Gasteiger partial charge in [-0.15, -0.1) is 24.0 Å². The van der Waals surface area contributed by atoms with E-state index in [9.17, 15) is 18.0 Å². The number of rotatable bonds is 6. The SMILES string of the molecule is CCOC(=O)C1CCCN(C(=NC)NCc2c(F)cccc2OC(F)F)C1.I. The molecule has 2 rings (SSSR count). The van der Waals surface area contributed by atoms with Crippen LogP contribution in [-0.4, -0.2) is 50.2 Å². The molecule has 0 saturated carbocycles. The fourth-order valence-corrected chi connectivity index (χ4v) is 3.04. The molecule has 28 heavy (non-hydrogen) atoms. The molecule has 6 nitrogen and oxygen atoms in total. The molecule has 0 amide bonds. The van der Waals surface area contributed by atoms with Crippen molar-refractivity contribution in [3.8, 4) is 5.75 Å². The number of likely N-dealkylation sites (tertiary alicyclic amines) is 1. The summed E-state index contributed by atoms with van der Waals surface area (Å²) in [7, 11) is 1.56. The molecule has 0 radical (unpaired) electrons. The highest BCUT2D eigenvalue weighted by Gasteiger charge is 2.28. The number of guanidine groups is 1. The maximum absolute atomic E-state index is 14.1. The fraction of sp³-hybridized carbons (Fsp3) is 0.556. The maximum Gasteiger partial charge on any atom is 0.387 e. The van der Waals surface area contributed by atoms with Crippen molar-refractivity contribution >= 4 is 35.9 Å². The Morgan fingerprint density at radius 2 is 2.18 bits per heavy atom. The van der Waals surface area contributed by atoms with Crippen molar-refractivity contribution in [3.63, 3.8) is 0 Å². The second-order valence-electron chi connectivity index (χ2n) is 6.03. The first kappa shape index (κ1) is 24.3. The minimum Gasteiger partial charge on any atom is -0.466 e. The summed E-state index contributed by atoms with van der Waals surface area (Å²) in [6.45, 7) is 0.0534. The molecule has 0 bridgehead atoms. The highest BCUT2D eigenvalue weighted by Crippen LogP contribution is 2.24. The lowest BCUT2D eigenvalue weighted by atomic mass is 9.98. The zero-order chi connectivity index (χ0) is 19.8. The van der Waals surface area contributed by atoms with Crippen LogP contribution in [0, 0.1) is 11.7 Å². The Morgan fingerprint density at radius 3 is 2.82 bits per heavy atom. The number of halogens is 4. The van der Waals surface area contributed by atoms with Crippen LogP contribution in [0.3, 0.4) is 0 Å². The Bertz CT molecular complexity index is 677. The van der Waals surface area contributed by atoms with E-state index in [2.05, 4.69) is 15.0 Å². The van der Waals surface area contributed by atoms with Crippen LogP contribution in [0.25, 0.3) is 0 Å². The molecule has 1 aromatic carbocycles. The number of ether oxygens (including phenoxy) is 2. The van der Waals surface area contributed by atoms with E-state index < -0.39 is 12.4 Å². The van der Waals surface area contributed by atoms with Crippen LogP contribution >= 0.6 is 24.0 Å². The molecule has 0 aliphatic carbocycles. The number of nitrogens with zero attached hydrogens (tertiary/aromatic N) is 2. The van der Waals surface area contributed by atoms with Gasteiger partial charge in [-0.1, -0.05) is 6.07 Å². The summed E-state index contributed by atoms with van der Waals surface area (Å²) in [4.78, 5) is 18.0. The molecule has 1 heterocycles. The van der Waals surface area contributed by atoms with Gasteiger partial charge < -0.3 is 19.7 Å². The van der Waals surface area contributed by atoms with E-state index in [0.29, 0.717) is 25.7 Å². The van der Waals surface area contributed by atoms with Crippen LogP contribution in [-0.2, 0) is 16.1 Å². The van der Waals surface area contributed by atoms with E-state index in [0.717, 1.165) is 12.8 Å². The van der Waals surface area contributed by atoms with Crippen LogP contribution in [0.4, 0.5) is 13.2 Å². The van der Waals surface area contributed by atoms with E-state index in [-0.39, 0.29) is 53.7 Å². The third-order valence-electron chi connectivity index (χ3n) is 4.27. The molecule has 158 valence electrons. The van der Waals surface area contributed by atoms with Gasteiger partial charge in [0.1, 0.15) is 11.6 Å². The van der Waals surface area contributed by atoms with Gasteiger partial charge >= 0.3 is 12.6 Å². The molecule has 1 aliphatic rings. The van der Waals surface area contributed by atoms with E-state index in [1.807, 2.05) is 4.90 Å². The van der Waals surface area contributed by atoms with Crippen molar-refractivity contribution in [2.45, 2.75) is 32.9 Å². The van der Waals surface area contributed by atoms with Gasteiger partial charge in [0.05, 0.1) is 12.5 Å². The van der Waals surface area contributed by atoms with Crippen molar-refractivity contribution in [1.29, 1.82) is 0 Å². The zero-order valence-corrected chi connectivity index (χ0v) is 18.1. The normalized spacial score (nSPS) is 17.1. The zero-order valence-electron chi connectivity index (χ0n) is 15.8. The first-order valence-corrected chi connectivity index (χ1v) is 8.80. The van der Waals surface area contributed by atoms with E-state index in [4.69, 9.17) is 4.74 Å². The second-order valence-corrected chi connectivity index (χ2v) is 6.03. The Morgan fingerprint density at radius 1 is 1.43 bits per heavy atom. The highest BCUT2D eigenvalue weighted by atomic mass is 127. The molecule has 1 saturated heterocycles. The molecular weight excluding hydrogens is 490 g/mol. The summed E-state index contributed by atoms with van der Waals surface area (Å²) in [5.41, 5.74) is -0.0158. The van der Waals surface area contributed by atoms with Crippen LogP contribution in [0.1, 0.15) is 25.3 Å². The lowest BCUT2D eigenvalue weighted by Gasteiger charge is -2.34. The molecule has 1 aliphatic heterocycles. The predicted octanol–water partition coefficient (Wildman–Crippen LogP) is 3.40. The molecule has 1 N–H and O–H groups in total. The summed E-state index contributed by atoms with van der Waals surface area (Å²) >= 11 is 0. The molecule has 1 fully saturated rings. The van der Waals surface area contributed by atoms with E-state index >= 15 is 0 Å². The van der Waals surface area contributed by atoms with Gasteiger partial charge in [-0.25, -0.2) is 4.39 Å². The number of carbonyl (C=O) groups is 1. The smallest absolute Gasteiger partial charge is 0.387 e. The van der Waals surface area contributed by atoms with E-state index in [1.165, 1.54) is 18.2 Å². The number of hydrogen-bond donors (Lipinski definition) is 1. The lowest BCUT2D eigenvalue weighted by Crippen LogP contribution is -2.48. The number of piperidine rings is 1. The van der Waals surface area contributed by atoms with E-state index in [1.54, 1.807) is 14.0 Å². The van der Waals surface area contributed by atoms with Gasteiger partial charge in [-0.2, -0.15) is 8.78 Å². The van der Waals surface area contributed by atoms with Crippen molar-refractivity contribution in [3.05, 3.63) is 29.6 Å². The third-order valence-corrected chi connectivity index (χ3v) is 4.27. The van der Waals surface area contributed by atoms with Gasteiger partial charge in [-0.3, -0.25) is 9.79 Å². The summed E-state index contributed by atoms with van der Waals surface area (Å²) in [6, 6.07) is 3.77. The predicted molar refractivity (Wildman–Crippen MR) is 110 cm³/mol. The molecular formula is C18H25F3IN3O3. The van der Waals surface area contributed by atoms with Gasteiger partial charge in [0, 0.05) is 32.2 Å². The maximum atomic E-state index is 14.1. The number of esters is 1. The number of benzene rings is 1. The summed E-state index contributed by atoms with van der Waals surface area (Å²) in [6.07, 6.45) is 1.51. The van der Waals surface area contributed by atoms with Crippen molar-refractivity contribution in [2.24, 2.45) is 10.9 Å². The fourth-order valence-electron chi connectivity index (χ4n) is 3.04. The Hall–Kier alpha value is -1.72. The minimum absolute atomic E-state index is 0. The Balaban J connectivity index is 0.00000392. The van der Waals surface area contributed by atoms with Crippen molar-refractivity contribution < 1.29 is 27.4 Å². The molecule has 1 atom stereocenters. The number of alkyl halides is 2. The lowest BCUT2D eigenvalue weighted by molar-refractivity contribution is -0.149. The number of aliphatic imine (C=N–C) groups is 1. The standard InChI is InChI=1S/C18H24F3N3O3.HI/c1-3-26-16(25)12-6-5-9-24(11-12)18(22-2)23-10-13-14(19)7-4-8-15(13)27-17(20)21;/h4,7-8,12,17H,3,5-6,9-11H2,1-2H3,(H,22,23);1H. The van der Waals surface area contributed by atoms with Gasteiger partial charge in [0.25, 0.3) is 0 Å². The monoisotopic (exact) mass is 515 g/mol. The van der Waals surface area contributed by atoms with Crippen LogP contribution in [0.2, 0.25) is 0 Å². The molecule has 10 heteroatoms. The summed E-state index contributed by atoms with van der Waals surface area (Å²) in [5, 5.41) is 2.96. The van der Waals surface area contributed by atoms with Crippen LogP contribution < -0.4 is 10.1 Å². The van der Waals surface area contributed by atoms with Crippen LogP contribution in [0.5, 0.6) is 5.75 Å². The molecule has 1 unspecified atom stereocenters. The van der Waals surface area contributed by atoms with Gasteiger partial charge in [0.2, 0.25) is 0 Å². The Labute approximate surface area is 179 Å². The third kappa shape index (κ3) is 6.71. The summed E-state index contributed by atoms with van der Waals surface area (Å²) < 4.78 is 48.6. The average Bonchev–Trinajstić information content (AvgIpc) is 2.64. The number of hydrogen-bond acceptors (Lipinski definition) is 4. The quantitative estimate of drug-likeness (QED) is 0.273. The largest absolute Gasteiger partial charge is 0.466 e. The minimum atomic E-state index is -3.04. The molecule has 0 spiro atoms. The van der Waals surface area contributed by atoms with Crippen molar-refractivity contribution in [1.82, 2.24) is 10.2 Å². The molecule has 0 aromatic heterocycles. The average molecular weight is 515 g/mol. The number of carbonyl (C=O) groups excluding carboxylic acids is 1. The topological polar surface area (TPSA) is 63.2 Å². The first-order chi connectivity index (χ1) is 13.0. The number of nitrogens with one attached hydrogen (secondary N) is 1. The van der Waals surface area contributed by atoms with Crippen molar-refractivity contribution in [2.75, 3.05) is 26.7 Å².